The average Bonchev–Trinajstić information content (AvgIpc) is 3.27. The number of para-hydroxylation sites is 1. The van der Waals surface area contributed by atoms with Crippen LogP contribution < -0.4 is 5.73 Å². The van der Waals surface area contributed by atoms with E-state index in [1.54, 1.807) is 5.01 Å². The maximum absolute atomic E-state index is 6.02. The highest BCUT2D eigenvalue weighted by Crippen LogP contribution is 2.34. The fraction of sp³-hybridized carbons (Fsp3) is 0.150. The lowest BCUT2D eigenvalue weighted by Gasteiger charge is -2.21. The smallest absolute Gasteiger partial charge is 0.187 e. The highest BCUT2D eigenvalue weighted by Gasteiger charge is 2.31. The van der Waals surface area contributed by atoms with Gasteiger partial charge in [0.05, 0.1) is 29.3 Å². The molecule has 0 radical (unpaired) electrons. The lowest BCUT2D eigenvalue weighted by atomic mass is 9.99. The van der Waals surface area contributed by atoms with Crippen molar-refractivity contribution in [2.75, 3.05) is 0 Å². The molecule has 3 aromatic rings. The quantitative estimate of drug-likeness (QED) is 0.674. The van der Waals surface area contributed by atoms with Crippen LogP contribution in [0.15, 0.2) is 65.9 Å². The van der Waals surface area contributed by atoms with Crippen LogP contribution in [0, 0.1) is 6.92 Å². The molecule has 2 heterocycles. The molecule has 4 rings (SSSR count). The first-order valence-corrected chi connectivity index (χ1v) is 9.35. The number of nitrogens with two attached hydrogens (primary N) is 1. The van der Waals surface area contributed by atoms with Gasteiger partial charge in [0, 0.05) is 17.0 Å². The molecular weight excluding hydrogens is 378 g/mol. The Morgan fingerprint density at radius 2 is 1.85 bits per heavy atom. The van der Waals surface area contributed by atoms with E-state index in [0.717, 1.165) is 28.2 Å². The van der Waals surface area contributed by atoms with Crippen LogP contribution in [0.1, 0.15) is 29.3 Å². The summed E-state index contributed by atoms with van der Waals surface area (Å²) in [7, 11) is 0. The van der Waals surface area contributed by atoms with Gasteiger partial charge in [0.2, 0.25) is 0 Å². The fourth-order valence-electron chi connectivity index (χ4n) is 3.34. The van der Waals surface area contributed by atoms with Crippen LogP contribution in [0.25, 0.3) is 5.69 Å². The SMILES string of the molecule is Cc1c(C2=NN(C(N)=S)C(c3ccc(Cl)cc3)C2)cnn1-c1ccccc1. The minimum absolute atomic E-state index is 0.0470. The van der Waals surface area contributed by atoms with Crippen molar-refractivity contribution in [2.45, 2.75) is 19.4 Å². The third-order valence-corrected chi connectivity index (χ3v) is 5.15. The van der Waals surface area contributed by atoms with Crippen LogP contribution in [0.2, 0.25) is 5.02 Å². The van der Waals surface area contributed by atoms with Crippen LogP contribution in [0.3, 0.4) is 0 Å². The lowest BCUT2D eigenvalue weighted by Crippen LogP contribution is -2.31. The Balaban J connectivity index is 1.69. The molecule has 1 aliphatic heterocycles. The molecule has 1 unspecified atom stereocenters. The number of nitrogens with zero attached hydrogens (tertiary/aromatic N) is 4. The monoisotopic (exact) mass is 395 g/mol. The molecule has 0 saturated heterocycles. The van der Waals surface area contributed by atoms with Crippen LogP contribution in [0.4, 0.5) is 0 Å². The van der Waals surface area contributed by atoms with Crippen LogP contribution >= 0.6 is 23.8 Å². The van der Waals surface area contributed by atoms with E-state index < -0.39 is 0 Å². The number of hydrogen-bond acceptors (Lipinski definition) is 3. The summed E-state index contributed by atoms with van der Waals surface area (Å²) < 4.78 is 1.92. The van der Waals surface area contributed by atoms with Gasteiger partial charge in [-0.05, 0) is 49.0 Å². The molecule has 0 aliphatic carbocycles. The number of halogens is 1. The van der Waals surface area contributed by atoms with E-state index in [4.69, 9.17) is 34.7 Å². The molecule has 136 valence electrons. The average molecular weight is 396 g/mol. The Bertz CT molecular complexity index is 1010. The normalized spacial score (nSPS) is 16.4. The molecule has 5 nitrogen and oxygen atoms in total. The molecule has 2 N–H and O–H groups in total. The molecule has 1 aromatic heterocycles. The van der Waals surface area contributed by atoms with Gasteiger partial charge in [-0.3, -0.25) is 0 Å². The summed E-state index contributed by atoms with van der Waals surface area (Å²) in [5.41, 5.74) is 11.0. The second-order valence-electron chi connectivity index (χ2n) is 6.39. The van der Waals surface area contributed by atoms with Gasteiger partial charge in [-0.25, -0.2) is 9.69 Å². The largest absolute Gasteiger partial charge is 0.375 e. The first kappa shape index (κ1) is 17.7. The number of benzene rings is 2. The Labute approximate surface area is 168 Å². The molecule has 0 fully saturated rings. The van der Waals surface area contributed by atoms with Gasteiger partial charge in [0.1, 0.15) is 0 Å². The fourth-order valence-corrected chi connectivity index (χ4v) is 3.64. The van der Waals surface area contributed by atoms with Crippen LogP contribution in [-0.4, -0.2) is 25.6 Å². The van der Waals surface area contributed by atoms with Gasteiger partial charge in [-0.1, -0.05) is 41.9 Å². The van der Waals surface area contributed by atoms with Crippen molar-refractivity contribution in [2.24, 2.45) is 10.8 Å². The minimum Gasteiger partial charge on any atom is -0.375 e. The topological polar surface area (TPSA) is 59.4 Å². The zero-order valence-corrected chi connectivity index (χ0v) is 16.3. The molecule has 2 aromatic carbocycles. The Morgan fingerprint density at radius 1 is 1.15 bits per heavy atom. The molecule has 1 atom stereocenters. The van der Waals surface area contributed by atoms with Gasteiger partial charge in [0.25, 0.3) is 0 Å². The van der Waals surface area contributed by atoms with Gasteiger partial charge in [-0.2, -0.15) is 10.2 Å². The Morgan fingerprint density at radius 3 is 2.52 bits per heavy atom. The van der Waals surface area contributed by atoms with Gasteiger partial charge in [0.15, 0.2) is 5.11 Å². The van der Waals surface area contributed by atoms with Crippen molar-refractivity contribution in [3.8, 4) is 5.69 Å². The highest BCUT2D eigenvalue weighted by molar-refractivity contribution is 7.80. The summed E-state index contributed by atoms with van der Waals surface area (Å²) in [4.78, 5) is 0. The van der Waals surface area contributed by atoms with Gasteiger partial charge >= 0.3 is 0 Å². The van der Waals surface area contributed by atoms with E-state index in [1.807, 2.05) is 72.4 Å². The summed E-state index contributed by atoms with van der Waals surface area (Å²) in [6.07, 6.45) is 2.55. The molecular formula is C20H18ClN5S. The first-order valence-electron chi connectivity index (χ1n) is 8.56. The molecule has 0 bridgehead atoms. The summed E-state index contributed by atoms with van der Waals surface area (Å²) in [6.45, 7) is 2.04. The maximum atomic E-state index is 6.02. The third kappa shape index (κ3) is 3.34. The lowest BCUT2D eigenvalue weighted by molar-refractivity contribution is 0.373. The van der Waals surface area contributed by atoms with Crippen molar-refractivity contribution in [1.82, 2.24) is 14.8 Å². The van der Waals surface area contributed by atoms with Gasteiger partial charge < -0.3 is 5.73 Å². The second-order valence-corrected chi connectivity index (χ2v) is 7.25. The van der Waals surface area contributed by atoms with Crippen molar-refractivity contribution < 1.29 is 0 Å². The molecule has 27 heavy (non-hydrogen) atoms. The molecule has 0 saturated carbocycles. The van der Waals surface area contributed by atoms with Crippen molar-refractivity contribution >= 4 is 34.6 Å². The van der Waals surface area contributed by atoms with E-state index >= 15 is 0 Å². The Hall–Kier alpha value is -2.70. The second kappa shape index (κ2) is 7.13. The van der Waals surface area contributed by atoms with Crippen molar-refractivity contribution in [3.05, 3.63) is 82.6 Å². The molecule has 0 spiro atoms. The summed E-state index contributed by atoms with van der Waals surface area (Å²) in [5.74, 6) is 0. The predicted octanol–water partition coefficient (Wildman–Crippen LogP) is 4.23. The number of hydrogen-bond donors (Lipinski definition) is 1. The number of aromatic nitrogens is 2. The first-order chi connectivity index (χ1) is 13.0. The number of thiocarbonyl (C=S) groups is 1. The number of rotatable bonds is 3. The summed E-state index contributed by atoms with van der Waals surface area (Å²) >= 11 is 11.2. The predicted molar refractivity (Wildman–Crippen MR) is 112 cm³/mol. The maximum Gasteiger partial charge on any atom is 0.187 e. The van der Waals surface area contributed by atoms with Crippen molar-refractivity contribution in [3.63, 3.8) is 0 Å². The van der Waals surface area contributed by atoms with E-state index in [1.165, 1.54) is 0 Å². The third-order valence-electron chi connectivity index (χ3n) is 4.71. The van der Waals surface area contributed by atoms with Crippen LogP contribution in [0.5, 0.6) is 0 Å². The number of hydrazone groups is 1. The molecule has 1 aliphatic rings. The highest BCUT2D eigenvalue weighted by atomic mass is 35.5. The van der Waals surface area contributed by atoms with E-state index in [2.05, 4.69) is 5.10 Å². The van der Waals surface area contributed by atoms with Crippen molar-refractivity contribution in [1.29, 1.82) is 0 Å². The molecule has 0 amide bonds. The van der Waals surface area contributed by atoms with Crippen LogP contribution in [-0.2, 0) is 0 Å². The summed E-state index contributed by atoms with van der Waals surface area (Å²) in [5, 5.41) is 11.9. The van der Waals surface area contributed by atoms with Gasteiger partial charge in [-0.15, -0.1) is 0 Å². The standard InChI is InChI=1S/C20H18ClN5S/c1-13-17(12-23-25(13)16-5-3-2-4-6-16)18-11-19(26(24-18)20(22)27)14-7-9-15(21)10-8-14/h2-10,12,19H,11H2,1H3,(H2,22,27). The van der Waals surface area contributed by atoms with E-state index in [-0.39, 0.29) is 11.2 Å². The minimum atomic E-state index is -0.0470. The molecule has 7 heteroatoms. The zero-order chi connectivity index (χ0) is 19.0. The Kier molecular flexibility index (Phi) is 4.68. The zero-order valence-electron chi connectivity index (χ0n) is 14.7. The van der Waals surface area contributed by atoms with E-state index in [0.29, 0.717) is 11.4 Å². The van der Waals surface area contributed by atoms with E-state index in [9.17, 15) is 0 Å². The summed E-state index contributed by atoms with van der Waals surface area (Å²) in [6, 6.07) is 17.7.